The minimum absolute atomic E-state index is 0.0677. The fourth-order valence-corrected chi connectivity index (χ4v) is 4.72. The fourth-order valence-electron chi connectivity index (χ4n) is 4.07. The standard InChI is InChI=1S/C24H24Cl2F4N4/c1-3-10-33(21(11-15-4-5-15)16-6-8-18(27)9-7-16)23-31-14(2)34(32-23)22-19(25)12-17(13-20(22)26)24(28,29)30/h6-9,12-13,15,21H,3-5,10-11H2,1-2H3. The zero-order chi connectivity index (χ0) is 24.6. The summed E-state index contributed by atoms with van der Waals surface area (Å²) in [6.07, 6.45) is -0.582. The van der Waals surface area contributed by atoms with E-state index in [1.807, 2.05) is 6.92 Å². The van der Waals surface area contributed by atoms with Gasteiger partial charge < -0.3 is 4.90 Å². The Morgan fingerprint density at radius 1 is 1.12 bits per heavy atom. The van der Waals surface area contributed by atoms with Crippen LogP contribution in [0.1, 0.15) is 55.6 Å². The molecule has 0 N–H and O–H groups in total. The van der Waals surface area contributed by atoms with Crippen LogP contribution in [0.15, 0.2) is 36.4 Å². The van der Waals surface area contributed by atoms with E-state index in [0.717, 1.165) is 43.4 Å². The molecule has 1 unspecified atom stereocenters. The number of aromatic nitrogens is 3. The first-order valence-electron chi connectivity index (χ1n) is 11.1. The number of alkyl halides is 3. The summed E-state index contributed by atoms with van der Waals surface area (Å²) in [7, 11) is 0. The van der Waals surface area contributed by atoms with Gasteiger partial charge in [0, 0.05) is 6.54 Å². The minimum atomic E-state index is -4.57. The zero-order valence-corrected chi connectivity index (χ0v) is 20.2. The van der Waals surface area contributed by atoms with Gasteiger partial charge in [0.2, 0.25) is 5.95 Å². The second kappa shape index (κ2) is 9.74. The summed E-state index contributed by atoms with van der Waals surface area (Å²) >= 11 is 12.5. The Balaban J connectivity index is 1.75. The summed E-state index contributed by atoms with van der Waals surface area (Å²) in [5, 5.41) is 4.27. The summed E-state index contributed by atoms with van der Waals surface area (Å²) in [5.74, 6) is 1.13. The van der Waals surface area contributed by atoms with E-state index >= 15 is 0 Å². The van der Waals surface area contributed by atoms with Crippen molar-refractivity contribution >= 4 is 29.2 Å². The molecule has 182 valence electrons. The van der Waals surface area contributed by atoms with E-state index in [0.29, 0.717) is 24.2 Å². The highest BCUT2D eigenvalue weighted by atomic mass is 35.5. The lowest BCUT2D eigenvalue weighted by molar-refractivity contribution is -0.137. The van der Waals surface area contributed by atoms with Gasteiger partial charge in [-0.15, -0.1) is 5.10 Å². The van der Waals surface area contributed by atoms with Gasteiger partial charge in [0.1, 0.15) is 17.3 Å². The van der Waals surface area contributed by atoms with Crippen LogP contribution in [0, 0.1) is 18.7 Å². The Labute approximate surface area is 205 Å². The Bertz CT molecular complexity index is 1130. The van der Waals surface area contributed by atoms with Crippen LogP contribution < -0.4 is 4.90 Å². The maximum absolute atomic E-state index is 13.6. The van der Waals surface area contributed by atoms with Crippen LogP contribution in [-0.2, 0) is 6.18 Å². The van der Waals surface area contributed by atoms with Gasteiger partial charge in [-0.05, 0) is 55.5 Å². The van der Waals surface area contributed by atoms with Crippen molar-refractivity contribution in [3.8, 4) is 5.69 Å². The Morgan fingerprint density at radius 3 is 2.26 bits per heavy atom. The Kier molecular flexibility index (Phi) is 7.10. The summed E-state index contributed by atoms with van der Waals surface area (Å²) in [6.45, 7) is 4.38. The van der Waals surface area contributed by atoms with E-state index < -0.39 is 11.7 Å². The number of anilines is 1. The van der Waals surface area contributed by atoms with Crippen LogP contribution in [0.3, 0.4) is 0 Å². The molecule has 0 radical (unpaired) electrons. The molecule has 1 heterocycles. The third-order valence-corrected chi connectivity index (χ3v) is 6.50. The number of aryl methyl sites for hydroxylation is 1. The molecule has 0 spiro atoms. The van der Waals surface area contributed by atoms with Crippen LogP contribution in [0.2, 0.25) is 10.0 Å². The summed E-state index contributed by atoms with van der Waals surface area (Å²) < 4.78 is 54.4. The van der Waals surface area contributed by atoms with Crippen molar-refractivity contribution in [2.75, 3.05) is 11.4 Å². The van der Waals surface area contributed by atoms with Gasteiger partial charge >= 0.3 is 6.18 Å². The molecule has 4 nitrogen and oxygen atoms in total. The van der Waals surface area contributed by atoms with Gasteiger partial charge in [0.05, 0.1) is 21.7 Å². The number of halogens is 6. The molecule has 34 heavy (non-hydrogen) atoms. The molecule has 1 aliphatic carbocycles. The van der Waals surface area contributed by atoms with Gasteiger partial charge in [-0.25, -0.2) is 9.07 Å². The van der Waals surface area contributed by atoms with Crippen LogP contribution in [0.5, 0.6) is 0 Å². The molecule has 1 aliphatic rings. The van der Waals surface area contributed by atoms with Crippen molar-refractivity contribution in [3.05, 3.63) is 69.2 Å². The highest BCUT2D eigenvalue weighted by Crippen LogP contribution is 2.42. The van der Waals surface area contributed by atoms with Gasteiger partial charge in [0.25, 0.3) is 0 Å². The second-order valence-electron chi connectivity index (χ2n) is 8.60. The highest BCUT2D eigenvalue weighted by Gasteiger charge is 2.34. The maximum Gasteiger partial charge on any atom is 0.416 e. The van der Waals surface area contributed by atoms with Gasteiger partial charge in [-0.1, -0.05) is 55.1 Å². The molecule has 1 fully saturated rings. The van der Waals surface area contributed by atoms with Crippen LogP contribution in [-0.4, -0.2) is 21.3 Å². The molecule has 4 rings (SSSR count). The smallest absolute Gasteiger partial charge is 0.332 e. The van der Waals surface area contributed by atoms with Crippen molar-refractivity contribution in [1.29, 1.82) is 0 Å². The van der Waals surface area contributed by atoms with Crippen molar-refractivity contribution < 1.29 is 17.6 Å². The third kappa shape index (κ3) is 5.33. The summed E-state index contributed by atoms with van der Waals surface area (Å²) in [4.78, 5) is 6.69. The maximum atomic E-state index is 13.6. The predicted octanol–water partition coefficient (Wildman–Crippen LogP) is 7.80. The van der Waals surface area contributed by atoms with Gasteiger partial charge in [0.15, 0.2) is 0 Å². The monoisotopic (exact) mass is 514 g/mol. The lowest BCUT2D eigenvalue weighted by Crippen LogP contribution is -2.31. The van der Waals surface area contributed by atoms with Crippen LogP contribution >= 0.6 is 23.2 Å². The molecule has 0 saturated heterocycles. The van der Waals surface area contributed by atoms with E-state index in [9.17, 15) is 17.6 Å². The quantitative estimate of drug-likeness (QED) is 0.287. The minimum Gasteiger partial charge on any atom is -0.332 e. The number of hydrogen-bond donors (Lipinski definition) is 0. The Morgan fingerprint density at radius 2 is 1.74 bits per heavy atom. The molecule has 1 atom stereocenters. The van der Waals surface area contributed by atoms with E-state index in [-0.39, 0.29) is 27.6 Å². The third-order valence-electron chi connectivity index (χ3n) is 5.92. The summed E-state index contributed by atoms with van der Waals surface area (Å²) in [5.41, 5.74) is 0.170. The lowest BCUT2D eigenvalue weighted by Gasteiger charge is -2.31. The van der Waals surface area contributed by atoms with Crippen molar-refractivity contribution in [1.82, 2.24) is 14.8 Å². The van der Waals surface area contributed by atoms with Crippen LogP contribution in [0.4, 0.5) is 23.5 Å². The first-order chi connectivity index (χ1) is 16.1. The molecule has 0 amide bonds. The molecular weight excluding hydrogens is 491 g/mol. The average Bonchev–Trinajstić information content (AvgIpc) is 3.51. The topological polar surface area (TPSA) is 34.0 Å². The summed E-state index contributed by atoms with van der Waals surface area (Å²) in [6, 6.07) is 8.04. The zero-order valence-electron chi connectivity index (χ0n) is 18.7. The average molecular weight is 515 g/mol. The molecule has 0 bridgehead atoms. The molecule has 1 saturated carbocycles. The first-order valence-corrected chi connectivity index (χ1v) is 11.9. The predicted molar refractivity (Wildman–Crippen MR) is 125 cm³/mol. The number of nitrogens with zero attached hydrogens (tertiary/aromatic N) is 4. The molecular formula is C24H24Cl2F4N4. The SMILES string of the molecule is CCCN(c1nc(C)n(-c2c(Cl)cc(C(F)(F)F)cc2Cl)n1)C(CC1CC1)c1ccc(F)cc1. The number of hydrogen-bond acceptors (Lipinski definition) is 3. The molecule has 1 aromatic heterocycles. The number of benzene rings is 2. The van der Waals surface area contributed by atoms with E-state index in [2.05, 4.69) is 15.0 Å². The van der Waals surface area contributed by atoms with Crippen molar-refractivity contribution in [3.63, 3.8) is 0 Å². The molecule has 10 heteroatoms. The van der Waals surface area contributed by atoms with Crippen LogP contribution in [0.25, 0.3) is 5.69 Å². The molecule has 0 aliphatic heterocycles. The van der Waals surface area contributed by atoms with Crippen molar-refractivity contribution in [2.24, 2.45) is 5.92 Å². The molecule has 2 aromatic carbocycles. The second-order valence-corrected chi connectivity index (χ2v) is 9.41. The van der Waals surface area contributed by atoms with E-state index in [4.69, 9.17) is 23.2 Å². The highest BCUT2D eigenvalue weighted by molar-refractivity contribution is 6.37. The van der Waals surface area contributed by atoms with Gasteiger partial charge in [-0.2, -0.15) is 18.2 Å². The van der Waals surface area contributed by atoms with E-state index in [1.165, 1.54) is 16.8 Å². The van der Waals surface area contributed by atoms with Crippen molar-refractivity contribution in [2.45, 2.75) is 51.7 Å². The number of rotatable bonds is 8. The largest absolute Gasteiger partial charge is 0.416 e. The van der Waals surface area contributed by atoms with E-state index in [1.54, 1.807) is 19.1 Å². The van der Waals surface area contributed by atoms with Gasteiger partial charge in [-0.3, -0.25) is 0 Å². The fraction of sp³-hybridized carbons (Fsp3) is 0.417. The molecule has 3 aromatic rings. The Hall–Kier alpha value is -2.32. The first kappa shape index (κ1) is 24.8. The normalized spacial score (nSPS) is 14.9. The lowest BCUT2D eigenvalue weighted by atomic mass is 9.99.